The van der Waals surface area contributed by atoms with E-state index in [0.717, 1.165) is 11.6 Å². The van der Waals surface area contributed by atoms with Gasteiger partial charge in [-0.05, 0) is 61.2 Å². The van der Waals surface area contributed by atoms with Gasteiger partial charge in [-0.15, -0.1) is 0 Å². The molecule has 3 aromatic carbocycles. The van der Waals surface area contributed by atoms with E-state index in [1.165, 1.54) is 48.5 Å². The summed E-state index contributed by atoms with van der Waals surface area (Å²) in [6.07, 6.45) is -4.48. The number of nitrogens with zero attached hydrogens (tertiary/aromatic N) is 3. The van der Waals surface area contributed by atoms with Crippen LogP contribution in [0.25, 0.3) is 0 Å². The van der Waals surface area contributed by atoms with E-state index in [-0.39, 0.29) is 29.5 Å². The first-order chi connectivity index (χ1) is 18.4. The third kappa shape index (κ3) is 6.81. The van der Waals surface area contributed by atoms with E-state index in [4.69, 9.17) is 0 Å². The maximum atomic E-state index is 13.5. The van der Waals surface area contributed by atoms with Crippen molar-refractivity contribution in [2.45, 2.75) is 38.5 Å². The minimum absolute atomic E-state index is 0.0215. The zero-order valence-corrected chi connectivity index (χ0v) is 21.6. The lowest BCUT2D eigenvalue weighted by Gasteiger charge is -2.32. The number of rotatable bonds is 8. The first-order valence-corrected chi connectivity index (χ1v) is 12.6. The molecule has 1 saturated heterocycles. The molecule has 0 saturated carbocycles. The van der Waals surface area contributed by atoms with Gasteiger partial charge in [-0.25, -0.2) is 4.39 Å². The quantitative estimate of drug-likeness (QED) is 0.184. The predicted octanol–water partition coefficient (Wildman–Crippen LogP) is 6.52. The van der Waals surface area contributed by atoms with E-state index < -0.39 is 22.5 Å². The molecule has 1 aliphatic heterocycles. The molecule has 39 heavy (non-hydrogen) atoms. The maximum absolute atomic E-state index is 13.5. The van der Waals surface area contributed by atoms with Crippen LogP contribution in [0.4, 0.5) is 23.2 Å². The van der Waals surface area contributed by atoms with Crippen LogP contribution in [0.3, 0.4) is 0 Å². The van der Waals surface area contributed by atoms with E-state index >= 15 is 0 Å². The van der Waals surface area contributed by atoms with Gasteiger partial charge in [-0.3, -0.25) is 19.8 Å². The predicted molar refractivity (Wildman–Crippen MR) is 139 cm³/mol. The highest BCUT2D eigenvalue weighted by atomic mass is 19.4. The van der Waals surface area contributed by atoms with Crippen molar-refractivity contribution in [2.24, 2.45) is 5.92 Å². The topological polar surface area (TPSA) is 66.7 Å². The molecule has 0 bridgehead atoms. The normalized spacial score (nSPS) is 17.9. The molecule has 6 nitrogen and oxygen atoms in total. The summed E-state index contributed by atoms with van der Waals surface area (Å²) in [6, 6.07) is 16.6. The summed E-state index contributed by atoms with van der Waals surface area (Å²) in [6.45, 7) is 5.45. The SMILES string of the molecule is CC(C)N(C[C@H]1CN(Cc2ccc([N+](=O)[O-])cc2)C[C@H]1c1cccc(C(F)(F)F)c1)C(=O)c1ccc(F)cc1. The summed E-state index contributed by atoms with van der Waals surface area (Å²) >= 11 is 0. The first-order valence-electron chi connectivity index (χ1n) is 12.6. The molecule has 10 heteroatoms. The molecule has 1 heterocycles. The lowest BCUT2D eigenvalue weighted by Crippen LogP contribution is -2.42. The smallest absolute Gasteiger partial charge is 0.336 e. The van der Waals surface area contributed by atoms with Gasteiger partial charge in [0, 0.05) is 55.8 Å². The molecular weight excluding hydrogens is 514 g/mol. The number of nitro benzene ring substituents is 1. The number of halogens is 4. The van der Waals surface area contributed by atoms with Crippen molar-refractivity contribution in [3.8, 4) is 0 Å². The molecule has 1 amide bonds. The van der Waals surface area contributed by atoms with Crippen LogP contribution < -0.4 is 0 Å². The molecule has 0 aliphatic carbocycles. The number of non-ortho nitro benzene ring substituents is 1. The molecule has 0 N–H and O–H groups in total. The highest BCUT2D eigenvalue weighted by molar-refractivity contribution is 5.94. The van der Waals surface area contributed by atoms with Gasteiger partial charge >= 0.3 is 6.18 Å². The van der Waals surface area contributed by atoms with Gasteiger partial charge in [0.05, 0.1) is 10.5 Å². The number of hydrogen-bond acceptors (Lipinski definition) is 4. The number of amides is 1. The number of alkyl halides is 3. The van der Waals surface area contributed by atoms with Crippen molar-refractivity contribution in [3.05, 3.63) is 111 Å². The van der Waals surface area contributed by atoms with E-state index in [0.29, 0.717) is 37.3 Å². The van der Waals surface area contributed by atoms with Crippen molar-refractivity contribution in [1.29, 1.82) is 0 Å². The Labute approximate surface area is 224 Å². The number of carbonyl (C=O) groups is 1. The van der Waals surface area contributed by atoms with Crippen molar-refractivity contribution < 1.29 is 27.3 Å². The van der Waals surface area contributed by atoms with Crippen molar-refractivity contribution in [3.63, 3.8) is 0 Å². The van der Waals surface area contributed by atoms with Gasteiger partial charge < -0.3 is 4.90 Å². The number of benzene rings is 3. The van der Waals surface area contributed by atoms with Crippen LogP contribution >= 0.6 is 0 Å². The van der Waals surface area contributed by atoms with Gasteiger partial charge in [0.25, 0.3) is 11.6 Å². The molecule has 3 aromatic rings. The second-order valence-electron chi connectivity index (χ2n) is 10.2. The Morgan fingerprint density at radius 1 is 1.05 bits per heavy atom. The largest absolute Gasteiger partial charge is 0.416 e. The first kappa shape index (κ1) is 28.2. The minimum atomic E-state index is -4.48. The van der Waals surface area contributed by atoms with Crippen LogP contribution in [0, 0.1) is 21.8 Å². The summed E-state index contributed by atoms with van der Waals surface area (Å²) in [7, 11) is 0. The highest BCUT2D eigenvalue weighted by Crippen LogP contribution is 2.38. The Morgan fingerprint density at radius 3 is 2.31 bits per heavy atom. The Kier molecular flexibility index (Phi) is 8.34. The molecule has 0 unspecified atom stereocenters. The van der Waals surface area contributed by atoms with Gasteiger partial charge in [-0.1, -0.05) is 30.3 Å². The third-order valence-electron chi connectivity index (χ3n) is 7.12. The summed E-state index contributed by atoms with van der Waals surface area (Å²) < 4.78 is 53.9. The Bertz CT molecular complexity index is 1310. The van der Waals surface area contributed by atoms with E-state index in [1.807, 2.05) is 13.8 Å². The second-order valence-corrected chi connectivity index (χ2v) is 10.2. The van der Waals surface area contributed by atoms with Gasteiger partial charge in [0.2, 0.25) is 0 Å². The van der Waals surface area contributed by atoms with Gasteiger partial charge in [0.1, 0.15) is 5.82 Å². The summed E-state index contributed by atoms with van der Waals surface area (Å²) in [4.78, 5) is 27.6. The molecule has 1 fully saturated rings. The van der Waals surface area contributed by atoms with Crippen molar-refractivity contribution in [2.75, 3.05) is 19.6 Å². The fourth-order valence-corrected chi connectivity index (χ4v) is 5.12. The number of likely N-dealkylation sites (tertiary alicyclic amines) is 1. The number of hydrogen-bond donors (Lipinski definition) is 0. The van der Waals surface area contributed by atoms with E-state index in [2.05, 4.69) is 4.90 Å². The summed E-state index contributed by atoms with van der Waals surface area (Å²) in [5.74, 6) is -1.20. The molecule has 2 atom stereocenters. The Morgan fingerprint density at radius 2 is 1.72 bits per heavy atom. The van der Waals surface area contributed by atoms with Crippen LogP contribution in [0.2, 0.25) is 0 Å². The summed E-state index contributed by atoms with van der Waals surface area (Å²) in [5, 5.41) is 11.0. The number of carbonyl (C=O) groups excluding carboxylic acids is 1. The fraction of sp³-hybridized carbons (Fsp3) is 0.345. The zero-order chi connectivity index (χ0) is 28.3. The Hall–Kier alpha value is -3.79. The standard InChI is InChI=1S/C29H29F4N3O3/c1-19(2)35(28(37)21-8-10-25(30)11-9-21)17-23-16-34(15-20-6-12-26(13-7-20)36(38)39)18-27(23)22-4-3-5-24(14-22)29(31,32)33/h3-14,19,23,27H,15-18H2,1-2H3/t23-,27+/m1/s1. The lowest BCUT2D eigenvalue weighted by molar-refractivity contribution is -0.384. The zero-order valence-electron chi connectivity index (χ0n) is 21.6. The average Bonchev–Trinajstić information content (AvgIpc) is 3.29. The van der Waals surface area contributed by atoms with E-state index in [1.54, 1.807) is 23.1 Å². The second kappa shape index (κ2) is 11.5. The van der Waals surface area contributed by atoms with E-state index in [9.17, 15) is 32.5 Å². The average molecular weight is 544 g/mol. The third-order valence-corrected chi connectivity index (χ3v) is 7.12. The van der Waals surface area contributed by atoms with Gasteiger partial charge in [0.15, 0.2) is 0 Å². The fourth-order valence-electron chi connectivity index (χ4n) is 5.12. The number of nitro groups is 1. The monoisotopic (exact) mass is 543 g/mol. The molecule has 0 spiro atoms. The molecular formula is C29H29F4N3O3. The van der Waals surface area contributed by atoms with Crippen LogP contribution in [0.15, 0.2) is 72.8 Å². The Balaban J connectivity index is 1.61. The van der Waals surface area contributed by atoms with Crippen LogP contribution in [-0.2, 0) is 12.7 Å². The molecule has 1 aliphatic rings. The minimum Gasteiger partial charge on any atom is -0.336 e. The lowest BCUT2D eigenvalue weighted by atomic mass is 9.87. The van der Waals surface area contributed by atoms with Crippen molar-refractivity contribution in [1.82, 2.24) is 9.80 Å². The molecule has 0 aromatic heterocycles. The summed E-state index contributed by atoms with van der Waals surface area (Å²) in [5.41, 5.74) is 0.968. The van der Waals surface area contributed by atoms with Crippen LogP contribution in [-0.4, -0.2) is 46.3 Å². The van der Waals surface area contributed by atoms with Crippen molar-refractivity contribution >= 4 is 11.6 Å². The van der Waals surface area contributed by atoms with Gasteiger partial charge in [-0.2, -0.15) is 13.2 Å². The molecule has 4 rings (SSSR count). The molecule has 206 valence electrons. The molecule has 0 radical (unpaired) electrons. The highest BCUT2D eigenvalue weighted by Gasteiger charge is 2.38. The maximum Gasteiger partial charge on any atom is 0.416 e. The van der Waals surface area contributed by atoms with Crippen LogP contribution in [0.5, 0.6) is 0 Å². The van der Waals surface area contributed by atoms with Crippen LogP contribution in [0.1, 0.15) is 46.8 Å².